The molecule has 0 aliphatic rings. The summed E-state index contributed by atoms with van der Waals surface area (Å²) in [4.78, 5) is 28.2. The molecule has 0 spiro atoms. The quantitative estimate of drug-likeness (QED) is 0.851. The molecule has 3 N–H and O–H groups in total. The van der Waals surface area contributed by atoms with Crippen LogP contribution in [0.3, 0.4) is 0 Å². The minimum Gasteiger partial charge on any atom is -0.480 e. The van der Waals surface area contributed by atoms with Gasteiger partial charge in [0.15, 0.2) is 5.13 Å². The minimum atomic E-state index is -1.03. The lowest BCUT2D eigenvalue weighted by Crippen LogP contribution is -2.48. The molecule has 0 fully saturated rings. The fourth-order valence-corrected chi connectivity index (χ4v) is 2.05. The molecule has 1 rings (SSSR count). The molecule has 0 saturated carbocycles. The number of carboxylic acid groups (broad SMARTS) is 1. The summed E-state index contributed by atoms with van der Waals surface area (Å²) in [5, 5.41) is 10.9. The number of nitrogens with two attached hydrogens (primary N) is 1. The smallest absolute Gasteiger partial charge is 0.323 e. The van der Waals surface area contributed by atoms with E-state index in [1.165, 1.54) is 16.2 Å². The lowest BCUT2D eigenvalue weighted by atomic mass is 10.1. The number of carbonyl (C=O) groups excluding carboxylic acids is 1. The number of amides is 1. The van der Waals surface area contributed by atoms with E-state index in [9.17, 15) is 9.59 Å². The van der Waals surface area contributed by atoms with E-state index >= 15 is 0 Å². The predicted octanol–water partition coefficient (Wildman–Crippen LogP) is 0.979. The highest BCUT2D eigenvalue weighted by molar-refractivity contribution is 7.13. The maximum atomic E-state index is 12.1. The van der Waals surface area contributed by atoms with Gasteiger partial charge >= 0.3 is 5.97 Å². The van der Waals surface area contributed by atoms with E-state index in [2.05, 4.69) is 4.98 Å². The molecule has 0 radical (unpaired) electrons. The number of aliphatic carboxylic acids is 1. The highest BCUT2D eigenvalue weighted by atomic mass is 32.1. The van der Waals surface area contributed by atoms with Gasteiger partial charge in [0.25, 0.3) is 0 Å². The Bertz CT molecular complexity index is 451. The molecular formula is C11H17N3O3S. The molecule has 0 unspecified atom stereocenters. The second-order valence-corrected chi connectivity index (χ2v) is 5.79. The highest BCUT2D eigenvalue weighted by Crippen LogP contribution is 2.17. The molecule has 1 aromatic heterocycles. The zero-order valence-electron chi connectivity index (χ0n) is 10.6. The van der Waals surface area contributed by atoms with Gasteiger partial charge in [-0.15, -0.1) is 11.3 Å². The van der Waals surface area contributed by atoms with Gasteiger partial charge < -0.3 is 15.7 Å². The zero-order chi connectivity index (χ0) is 13.9. The van der Waals surface area contributed by atoms with Crippen LogP contribution in [0.5, 0.6) is 0 Å². The number of carbonyl (C=O) groups is 2. The van der Waals surface area contributed by atoms with Gasteiger partial charge in [0.1, 0.15) is 6.54 Å². The standard InChI is InChI=1S/C11H17N3O3S/c1-11(2,3)14(5-9(16)17)8(15)4-7-6-18-10(12)13-7/h6H,4-5H2,1-3H3,(H2,12,13)(H,16,17). The number of hydrogen-bond donors (Lipinski definition) is 2. The van der Waals surface area contributed by atoms with Crippen LogP contribution in [0.15, 0.2) is 5.38 Å². The van der Waals surface area contributed by atoms with Crippen LogP contribution in [0.4, 0.5) is 5.13 Å². The minimum absolute atomic E-state index is 0.0677. The monoisotopic (exact) mass is 271 g/mol. The Hall–Kier alpha value is -1.63. The van der Waals surface area contributed by atoms with E-state index in [1.807, 2.05) is 0 Å². The van der Waals surface area contributed by atoms with Crippen molar-refractivity contribution < 1.29 is 14.7 Å². The van der Waals surface area contributed by atoms with Gasteiger partial charge in [-0.3, -0.25) is 9.59 Å². The normalized spacial score (nSPS) is 11.3. The largest absolute Gasteiger partial charge is 0.480 e. The summed E-state index contributed by atoms with van der Waals surface area (Å²) in [7, 11) is 0. The second-order valence-electron chi connectivity index (χ2n) is 4.90. The summed E-state index contributed by atoms with van der Waals surface area (Å²) in [5.41, 5.74) is 5.51. The Morgan fingerprint density at radius 2 is 2.11 bits per heavy atom. The van der Waals surface area contributed by atoms with Crippen molar-refractivity contribution in [1.29, 1.82) is 0 Å². The molecule has 0 atom stereocenters. The molecule has 7 heteroatoms. The van der Waals surface area contributed by atoms with Gasteiger partial charge in [-0.1, -0.05) is 0 Å². The molecule has 18 heavy (non-hydrogen) atoms. The zero-order valence-corrected chi connectivity index (χ0v) is 11.5. The van der Waals surface area contributed by atoms with E-state index < -0.39 is 11.5 Å². The predicted molar refractivity (Wildman–Crippen MR) is 69.3 cm³/mol. The summed E-state index contributed by atoms with van der Waals surface area (Å²) < 4.78 is 0. The van der Waals surface area contributed by atoms with Crippen LogP contribution in [0.2, 0.25) is 0 Å². The maximum absolute atomic E-state index is 12.1. The lowest BCUT2D eigenvalue weighted by molar-refractivity contribution is -0.147. The summed E-state index contributed by atoms with van der Waals surface area (Å²) in [6, 6.07) is 0. The Kier molecular flexibility index (Phi) is 4.28. The number of carboxylic acids is 1. The summed E-state index contributed by atoms with van der Waals surface area (Å²) in [6.07, 6.45) is 0.0677. The molecule has 6 nitrogen and oxygen atoms in total. The van der Waals surface area contributed by atoms with Crippen LogP contribution in [0, 0.1) is 0 Å². The van der Waals surface area contributed by atoms with Crippen molar-refractivity contribution >= 4 is 28.3 Å². The fourth-order valence-electron chi connectivity index (χ4n) is 1.49. The lowest BCUT2D eigenvalue weighted by Gasteiger charge is -2.34. The fraction of sp³-hybridized carbons (Fsp3) is 0.545. The SMILES string of the molecule is CC(C)(C)N(CC(=O)O)C(=O)Cc1csc(N)n1. The van der Waals surface area contributed by atoms with E-state index in [0.717, 1.165) is 0 Å². The van der Waals surface area contributed by atoms with Crippen molar-refractivity contribution in [3.63, 3.8) is 0 Å². The Morgan fingerprint density at radius 1 is 1.50 bits per heavy atom. The number of anilines is 1. The van der Waals surface area contributed by atoms with Crippen LogP contribution in [-0.4, -0.2) is 39.0 Å². The van der Waals surface area contributed by atoms with Crippen molar-refractivity contribution in [3.8, 4) is 0 Å². The van der Waals surface area contributed by atoms with Crippen molar-refractivity contribution in [1.82, 2.24) is 9.88 Å². The third-order valence-electron chi connectivity index (χ3n) is 2.31. The number of nitrogens with zero attached hydrogens (tertiary/aromatic N) is 2. The first kappa shape index (κ1) is 14.4. The second kappa shape index (κ2) is 5.34. The molecule has 1 aromatic rings. The first-order valence-corrected chi connectivity index (χ1v) is 6.30. The first-order chi connectivity index (χ1) is 8.20. The number of nitrogen functional groups attached to an aromatic ring is 1. The molecular weight excluding hydrogens is 254 g/mol. The Morgan fingerprint density at radius 3 is 2.50 bits per heavy atom. The van der Waals surface area contributed by atoms with Crippen LogP contribution in [0.1, 0.15) is 26.5 Å². The van der Waals surface area contributed by atoms with Crippen LogP contribution < -0.4 is 5.73 Å². The van der Waals surface area contributed by atoms with Crippen LogP contribution in [0.25, 0.3) is 0 Å². The average Bonchev–Trinajstić information content (AvgIpc) is 2.58. The summed E-state index contributed by atoms with van der Waals surface area (Å²) in [6.45, 7) is 5.07. The number of hydrogen-bond acceptors (Lipinski definition) is 5. The molecule has 0 aliphatic heterocycles. The van der Waals surface area contributed by atoms with Crippen molar-refractivity contribution in [2.75, 3.05) is 12.3 Å². The highest BCUT2D eigenvalue weighted by Gasteiger charge is 2.28. The van der Waals surface area contributed by atoms with Gasteiger partial charge in [-0.2, -0.15) is 0 Å². The van der Waals surface area contributed by atoms with Crippen molar-refractivity contribution in [2.24, 2.45) is 0 Å². The van der Waals surface area contributed by atoms with Crippen LogP contribution in [-0.2, 0) is 16.0 Å². The van der Waals surface area contributed by atoms with Crippen LogP contribution >= 0.6 is 11.3 Å². The number of thiazole rings is 1. The summed E-state index contributed by atoms with van der Waals surface area (Å²) >= 11 is 1.26. The van der Waals surface area contributed by atoms with E-state index in [4.69, 9.17) is 10.8 Å². The van der Waals surface area contributed by atoms with E-state index in [1.54, 1.807) is 26.2 Å². The maximum Gasteiger partial charge on any atom is 0.323 e. The molecule has 1 heterocycles. The van der Waals surface area contributed by atoms with Crippen molar-refractivity contribution in [3.05, 3.63) is 11.1 Å². The van der Waals surface area contributed by atoms with E-state index in [-0.39, 0.29) is 18.9 Å². The van der Waals surface area contributed by atoms with Crippen molar-refractivity contribution in [2.45, 2.75) is 32.7 Å². The molecule has 0 aliphatic carbocycles. The third kappa shape index (κ3) is 3.99. The summed E-state index contributed by atoms with van der Waals surface area (Å²) in [5.74, 6) is -1.30. The van der Waals surface area contributed by atoms with Gasteiger partial charge in [0.05, 0.1) is 12.1 Å². The Labute approximate surface area is 109 Å². The topological polar surface area (TPSA) is 96.5 Å². The molecule has 0 saturated heterocycles. The average molecular weight is 271 g/mol. The van der Waals surface area contributed by atoms with Gasteiger partial charge in [0, 0.05) is 10.9 Å². The third-order valence-corrected chi connectivity index (χ3v) is 3.03. The molecule has 0 bridgehead atoms. The number of aromatic nitrogens is 1. The van der Waals surface area contributed by atoms with Gasteiger partial charge in [-0.05, 0) is 20.8 Å². The van der Waals surface area contributed by atoms with Gasteiger partial charge in [0.2, 0.25) is 5.91 Å². The molecule has 100 valence electrons. The number of rotatable bonds is 4. The molecule has 0 aromatic carbocycles. The first-order valence-electron chi connectivity index (χ1n) is 5.42. The molecule has 1 amide bonds. The van der Waals surface area contributed by atoms with E-state index in [0.29, 0.717) is 10.8 Å². The Balaban J connectivity index is 2.80. The van der Waals surface area contributed by atoms with Gasteiger partial charge in [-0.25, -0.2) is 4.98 Å².